The minimum absolute atomic E-state index is 0.466. The second-order valence-electron chi connectivity index (χ2n) is 19.9. The maximum absolute atomic E-state index is 10.7. The van der Waals surface area contributed by atoms with Crippen molar-refractivity contribution in [2.24, 2.45) is 0 Å². The monoisotopic (exact) mass is 1010 g/mol. The van der Waals surface area contributed by atoms with Crippen molar-refractivity contribution in [1.29, 1.82) is 5.26 Å². The maximum atomic E-state index is 10.7. The summed E-state index contributed by atoms with van der Waals surface area (Å²) in [7, 11) is 0. The Morgan fingerprint density at radius 3 is 1.19 bits per heavy atom. The number of nitriles is 1. The molecule has 366 valence electrons. The highest BCUT2D eigenvalue weighted by Gasteiger charge is 2.21. The summed E-state index contributed by atoms with van der Waals surface area (Å²) in [6.45, 7) is 8.42. The molecule has 0 atom stereocenters. The summed E-state index contributed by atoms with van der Waals surface area (Å²) in [4.78, 5) is 14.0. The number of hydrogen-bond donors (Lipinski definition) is 0. The molecular formula is C72H43N7. The molecule has 4 heterocycles. The average molecular weight is 1010 g/mol. The van der Waals surface area contributed by atoms with Gasteiger partial charge in [-0.15, -0.1) is 0 Å². The summed E-state index contributed by atoms with van der Waals surface area (Å²) in [5, 5.41) is 17.8. The number of nitrogens with zero attached hydrogens (tertiary/aromatic N) is 7. The zero-order chi connectivity index (χ0) is 52.6. The second-order valence-corrected chi connectivity index (χ2v) is 19.9. The van der Waals surface area contributed by atoms with E-state index in [0.29, 0.717) is 28.2 Å². The fourth-order valence-corrected chi connectivity index (χ4v) is 11.9. The second kappa shape index (κ2) is 18.3. The third-order valence-corrected chi connectivity index (χ3v) is 15.5. The van der Waals surface area contributed by atoms with Gasteiger partial charge in [0.1, 0.15) is 0 Å². The molecule has 0 amide bonds. The van der Waals surface area contributed by atoms with Crippen molar-refractivity contribution in [3.63, 3.8) is 0 Å². The van der Waals surface area contributed by atoms with Crippen LogP contribution in [0.2, 0.25) is 0 Å². The Bertz CT molecular complexity index is 4680. The smallest absolute Gasteiger partial charge is 0.195 e. The van der Waals surface area contributed by atoms with Gasteiger partial charge in [0, 0.05) is 66.1 Å². The predicted molar refractivity (Wildman–Crippen MR) is 323 cm³/mol. The van der Waals surface area contributed by atoms with E-state index in [4.69, 9.17) is 16.5 Å². The molecule has 79 heavy (non-hydrogen) atoms. The normalized spacial score (nSPS) is 11.5. The summed E-state index contributed by atoms with van der Waals surface area (Å²) in [5.74, 6) is 0.642. The van der Waals surface area contributed by atoms with Gasteiger partial charge in [-0.05, 0) is 113 Å². The Labute approximate surface area is 454 Å². The average Bonchev–Trinajstić information content (AvgIpc) is 4.38. The van der Waals surface area contributed by atoms with Gasteiger partial charge in [-0.1, -0.05) is 170 Å². The van der Waals surface area contributed by atoms with E-state index in [-0.39, 0.29) is 0 Å². The quantitative estimate of drug-likeness (QED) is 0.142. The van der Waals surface area contributed by atoms with Crippen LogP contribution >= 0.6 is 0 Å². The van der Waals surface area contributed by atoms with Gasteiger partial charge in [0.25, 0.3) is 0 Å². The molecular weight excluding hydrogens is 963 g/mol. The van der Waals surface area contributed by atoms with Crippen molar-refractivity contribution >= 4 is 71.1 Å². The lowest BCUT2D eigenvalue weighted by Crippen LogP contribution is -1.96. The first kappa shape index (κ1) is 45.3. The maximum Gasteiger partial charge on any atom is 0.195 e. The third-order valence-electron chi connectivity index (χ3n) is 15.5. The summed E-state index contributed by atoms with van der Waals surface area (Å²) < 4.78 is 7.11. The summed E-state index contributed by atoms with van der Waals surface area (Å²) >= 11 is 0. The fourth-order valence-electron chi connectivity index (χ4n) is 11.9. The van der Waals surface area contributed by atoms with Gasteiger partial charge in [-0.2, -0.15) is 5.26 Å². The molecule has 0 fully saturated rings. The van der Waals surface area contributed by atoms with E-state index in [1.807, 2.05) is 91.0 Å². The summed E-state index contributed by atoms with van der Waals surface area (Å²) in [6, 6.07) is 93.0. The SMILES string of the molecule is [C-]#[N+]c1cc(-c2ccc(-c3cc(-c4ccccc4)nc(-c4ccccc4)n3)cc2)c(C#N)cc1-c1ccc(-n2c3ccc(-n4c5ccccc5c5ccccc54)cc3c3cc(-n4c5ccccc5c5ccccc54)ccc32)cc1. The van der Waals surface area contributed by atoms with Crippen LogP contribution < -0.4 is 0 Å². The molecule has 0 saturated carbocycles. The predicted octanol–water partition coefficient (Wildman–Crippen LogP) is 18.5. The lowest BCUT2D eigenvalue weighted by atomic mass is 9.93. The molecule has 0 unspecified atom stereocenters. The molecule has 0 aliphatic rings. The van der Waals surface area contributed by atoms with Crippen LogP contribution in [0.5, 0.6) is 0 Å². The van der Waals surface area contributed by atoms with E-state index in [1.165, 1.54) is 21.5 Å². The molecule has 0 aliphatic carbocycles. The van der Waals surface area contributed by atoms with Crippen LogP contribution in [0.15, 0.2) is 261 Å². The molecule has 4 aromatic heterocycles. The Morgan fingerprint density at radius 1 is 0.329 bits per heavy atom. The molecule has 7 nitrogen and oxygen atoms in total. The zero-order valence-corrected chi connectivity index (χ0v) is 42.5. The van der Waals surface area contributed by atoms with Crippen LogP contribution in [0.3, 0.4) is 0 Å². The van der Waals surface area contributed by atoms with E-state index < -0.39 is 0 Å². The van der Waals surface area contributed by atoms with Gasteiger partial charge < -0.3 is 13.7 Å². The van der Waals surface area contributed by atoms with E-state index in [2.05, 4.69) is 194 Å². The van der Waals surface area contributed by atoms with Crippen LogP contribution in [-0.4, -0.2) is 23.7 Å². The van der Waals surface area contributed by atoms with Crippen LogP contribution in [-0.2, 0) is 0 Å². The summed E-state index contributed by atoms with van der Waals surface area (Å²) in [5.41, 5.74) is 18.4. The molecule has 0 aliphatic heterocycles. The highest BCUT2D eigenvalue weighted by molar-refractivity contribution is 6.14. The highest BCUT2D eigenvalue weighted by Crippen LogP contribution is 2.42. The Morgan fingerprint density at radius 2 is 0.709 bits per heavy atom. The first-order valence-corrected chi connectivity index (χ1v) is 26.3. The zero-order valence-electron chi connectivity index (χ0n) is 42.5. The van der Waals surface area contributed by atoms with Gasteiger partial charge in [0.2, 0.25) is 0 Å². The van der Waals surface area contributed by atoms with Crippen LogP contribution in [0, 0.1) is 17.9 Å². The Balaban J connectivity index is 0.826. The topological polar surface area (TPSA) is 68.7 Å². The lowest BCUT2D eigenvalue weighted by Gasteiger charge is -2.14. The van der Waals surface area contributed by atoms with Gasteiger partial charge in [-0.3, -0.25) is 0 Å². The molecule has 0 spiro atoms. The molecule has 15 aromatic rings. The number of benzene rings is 11. The number of hydrogen-bond acceptors (Lipinski definition) is 3. The van der Waals surface area contributed by atoms with Crippen molar-refractivity contribution in [2.75, 3.05) is 0 Å². The van der Waals surface area contributed by atoms with Gasteiger partial charge >= 0.3 is 0 Å². The number of aromatic nitrogens is 5. The molecule has 0 bridgehead atoms. The Kier molecular flexibility index (Phi) is 10.5. The molecule has 0 saturated heterocycles. The van der Waals surface area contributed by atoms with Crippen LogP contribution in [0.1, 0.15) is 5.56 Å². The Hall–Kier alpha value is -11.1. The fraction of sp³-hybridized carbons (Fsp3) is 0. The van der Waals surface area contributed by atoms with Crippen molar-refractivity contribution in [3.05, 3.63) is 278 Å². The van der Waals surface area contributed by atoms with Gasteiger partial charge in [0.05, 0.1) is 62.7 Å². The number of para-hydroxylation sites is 4. The number of fused-ring (bicyclic) bond motifs is 9. The third kappa shape index (κ3) is 7.41. The summed E-state index contributed by atoms with van der Waals surface area (Å²) in [6.07, 6.45) is 0. The van der Waals surface area contributed by atoms with Crippen molar-refractivity contribution < 1.29 is 0 Å². The lowest BCUT2D eigenvalue weighted by molar-refractivity contribution is 1.16. The van der Waals surface area contributed by atoms with E-state index >= 15 is 0 Å². The minimum Gasteiger partial charge on any atom is -0.309 e. The van der Waals surface area contributed by atoms with Gasteiger partial charge in [-0.25, -0.2) is 14.8 Å². The molecule has 0 radical (unpaired) electrons. The number of rotatable bonds is 8. The van der Waals surface area contributed by atoms with E-state index in [0.717, 1.165) is 100 Å². The van der Waals surface area contributed by atoms with Crippen molar-refractivity contribution in [1.82, 2.24) is 23.7 Å². The molecule has 0 N–H and O–H groups in total. The molecule has 15 rings (SSSR count). The standard InChI is InChI=1S/C72H43N7/c1-74-65-43-59(46-28-30-49(31-29-46)64-44-63(48-16-4-2-5-17-48)75-72(76-64)50-18-6-3-7-19-50)51(45-73)40-60(65)47-32-34-52(35-33-47)77-70-38-36-53(78-66-24-12-8-20-55(66)56-21-9-13-25-67(56)78)41-61(70)62-42-54(37-39-71(62)77)79-68-26-14-10-22-57(68)58-23-11-15-27-69(58)79/h2-44H. The molecule has 7 heteroatoms. The van der Waals surface area contributed by atoms with E-state index in [9.17, 15) is 5.26 Å². The van der Waals surface area contributed by atoms with Crippen LogP contribution in [0.4, 0.5) is 5.69 Å². The van der Waals surface area contributed by atoms with E-state index in [1.54, 1.807) is 0 Å². The first-order chi connectivity index (χ1) is 39.1. The minimum atomic E-state index is 0.466. The molecule has 11 aromatic carbocycles. The highest BCUT2D eigenvalue weighted by atomic mass is 15.0. The van der Waals surface area contributed by atoms with Gasteiger partial charge in [0.15, 0.2) is 11.5 Å². The van der Waals surface area contributed by atoms with Crippen molar-refractivity contribution in [3.8, 4) is 79.3 Å². The van der Waals surface area contributed by atoms with Crippen molar-refractivity contribution in [2.45, 2.75) is 0 Å². The first-order valence-electron chi connectivity index (χ1n) is 26.3. The largest absolute Gasteiger partial charge is 0.309 e. The van der Waals surface area contributed by atoms with Crippen LogP contribution in [0.25, 0.3) is 143 Å².